The van der Waals surface area contributed by atoms with Crippen molar-refractivity contribution in [3.63, 3.8) is 0 Å². The van der Waals surface area contributed by atoms with E-state index in [4.69, 9.17) is 9.47 Å². The molecule has 0 unspecified atom stereocenters. The Morgan fingerprint density at radius 3 is 2.03 bits per heavy atom. The molecule has 0 fully saturated rings. The summed E-state index contributed by atoms with van der Waals surface area (Å²) in [6.45, 7) is 3.60. The molecule has 0 saturated carbocycles. The van der Waals surface area contributed by atoms with Crippen LogP contribution in [0, 0.1) is 0 Å². The van der Waals surface area contributed by atoms with Crippen LogP contribution in [0.5, 0.6) is 11.5 Å². The summed E-state index contributed by atoms with van der Waals surface area (Å²) in [5.41, 5.74) is 5.64. The first-order valence-corrected chi connectivity index (χ1v) is 12.1. The molecular weight excluding hydrogens is 608 g/mol. The summed E-state index contributed by atoms with van der Waals surface area (Å²) in [7, 11) is 0. The number of hydrazine groups is 1. The van der Waals surface area contributed by atoms with E-state index in [1.165, 1.54) is 0 Å². The van der Waals surface area contributed by atoms with Gasteiger partial charge in [0.2, 0.25) is 0 Å². The molecular formula is C23H21Br3N2O4. The molecule has 0 radical (unpaired) electrons. The molecule has 0 spiro atoms. The lowest BCUT2D eigenvalue weighted by atomic mass is 10.0. The highest BCUT2D eigenvalue weighted by atomic mass is 79.9. The number of nitrogens with one attached hydrogen (secondary N) is 2. The number of ether oxygens (including phenoxy) is 2. The van der Waals surface area contributed by atoms with Crippen molar-refractivity contribution in [1.82, 2.24) is 10.9 Å². The van der Waals surface area contributed by atoms with Gasteiger partial charge >= 0.3 is 0 Å². The van der Waals surface area contributed by atoms with Crippen molar-refractivity contribution in [2.45, 2.75) is 19.8 Å². The fraction of sp³-hybridized carbons (Fsp3) is 0.217. The molecule has 2 amide bonds. The summed E-state index contributed by atoms with van der Waals surface area (Å²) in [5, 5.41) is 1.99. The number of fused-ring (bicyclic) bond motifs is 1. The first-order valence-electron chi connectivity index (χ1n) is 9.75. The Morgan fingerprint density at radius 2 is 1.38 bits per heavy atom. The molecule has 9 heteroatoms. The lowest BCUT2D eigenvalue weighted by Gasteiger charge is -2.15. The van der Waals surface area contributed by atoms with Crippen molar-refractivity contribution in [3.05, 3.63) is 67.5 Å². The molecule has 2 N–H and O–H groups in total. The standard InChI is InChI=1S/C23H21Br3N2O4/c1-13(2)18-10-16(25)5-8-19(18)31-11-21(29)27-28-22(30)12-32-20-7-3-14-9-15(24)4-6-17(14)23(20)26/h3-10,13H,11-12H2,1-2H3,(H,27,29)(H,28,30). The molecule has 0 aliphatic rings. The van der Waals surface area contributed by atoms with Crippen molar-refractivity contribution in [2.24, 2.45) is 0 Å². The number of hydrogen-bond donors (Lipinski definition) is 2. The molecule has 0 aliphatic heterocycles. The van der Waals surface area contributed by atoms with Gasteiger partial charge < -0.3 is 9.47 Å². The minimum Gasteiger partial charge on any atom is -0.483 e. The highest BCUT2D eigenvalue weighted by Crippen LogP contribution is 2.34. The fourth-order valence-electron chi connectivity index (χ4n) is 2.95. The van der Waals surface area contributed by atoms with Gasteiger partial charge in [-0.1, -0.05) is 57.8 Å². The summed E-state index contributed by atoms with van der Waals surface area (Å²) in [6, 6.07) is 15.2. The SMILES string of the molecule is CC(C)c1cc(Br)ccc1OCC(=O)NNC(=O)COc1ccc2cc(Br)ccc2c1Br. The zero-order valence-corrected chi connectivity index (χ0v) is 22.1. The average Bonchev–Trinajstić information content (AvgIpc) is 2.76. The van der Waals surface area contributed by atoms with Crippen LogP contribution in [0.15, 0.2) is 61.9 Å². The monoisotopic (exact) mass is 626 g/mol. The lowest BCUT2D eigenvalue weighted by molar-refractivity contribution is -0.131. The van der Waals surface area contributed by atoms with Crippen molar-refractivity contribution in [3.8, 4) is 11.5 Å². The topological polar surface area (TPSA) is 76.7 Å². The Bertz CT molecular complexity index is 1150. The summed E-state index contributed by atoms with van der Waals surface area (Å²) in [6.07, 6.45) is 0. The molecule has 3 aromatic rings. The Kier molecular flexibility index (Phi) is 8.56. The molecule has 32 heavy (non-hydrogen) atoms. The predicted octanol–water partition coefficient (Wildman–Crippen LogP) is 5.86. The highest BCUT2D eigenvalue weighted by molar-refractivity contribution is 9.11. The number of halogens is 3. The van der Waals surface area contributed by atoms with Crippen LogP contribution in [-0.2, 0) is 9.59 Å². The van der Waals surface area contributed by atoms with E-state index in [0.29, 0.717) is 11.5 Å². The Balaban J connectivity index is 1.48. The van der Waals surface area contributed by atoms with Gasteiger partial charge in [0.05, 0.1) is 4.47 Å². The van der Waals surface area contributed by atoms with Gasteiger partial charge in [-0.3, -0.25) is 20.4 Å². The molecule has 0 aromatic heterocycles. The van der Waals surface area contributed by atoms with Crippen LogP contribution in [0.25, 0.3) is 10.8 Å². The van der Waals surface area contributed by atoms with Crippen molar-refractivity contribution < 1.29 is 19.1 Å². The van der Waals surface area contributed by atoms with E-state index in [1.807, 2.05) is 50.2 Å². The van der Waals surface area contributed by atoms with Crippen molar-refractivity contribution in [2.75, 3.05) is 13.2 Å². The van der Waals surface area contributed by atoms with Gasteiger partial charge in [0, 0.05) is 8.95 Å². The third kappa shape index (κ3) is 6.46. The summed E-state index contributed by atoms with van der Waals surface area (Å²) >= 11 is 10.4. The highest BCUT2D eigenvalue weighted by Gasteiger charge is 2.12. The van der Waals surface area contributed by atoms with Crippen LogP contribution >= 0.6 is 47.8 Å². The maximum Gasteiger partial charge on any atom is 0.276 e. The molecule has 0 aliphatic carbocycles. The molecule has 3 aromatic carbocycles. The van der Waals surface area contributed by atoms with Crippen LogP contribution in [-0.4, -0.2) is 25.0 Å². The van der Waals surface area contributed by atoms with Gasteiger partial charge in [-0.05, 0) is 74.6 Å². The molecule has 0 saturated heterocycles. The number of carbonyl (C=O) groups excluding carboxylic acids is 2. The van der Waals surface area contributed by atoms with E-state index in [1.54, 1.807) is 12.1 Å². The minimum absolute atomic E-state index is 0.228. The second kappa shape index (κ2) is 11.2. The van der Waals surface area contributed by atoms with Gasteiger partial charge in [0.15, 0.2) is 13.2 Å². The number of amides is 2. The van der Waals surface area contributed by atoms with Crippen LogP contribution in [0.2, 0.25) is 0 Å². The van der Waals surface area contributed by atoms with Crippen molar-refractivity contribution in [1.29, 1.82) is 0 Å². The fourth-order valence-corrected chi connectivity index (χ4v) is 4.32. The molecule has 3 rings (SSSR count). The predicted molar refractivity (Wildman–Crippen MR) is 135 cm³/mol. The Morgan fingerprint density at radius 1 is 0.812 bits per heavy atom. The zero-order valence-electron chi connectivity index (χ0n) is 17.4. The second-order valence-corrected chi connectivity index (χ2v) is 9.88. The van der Waals surface area contributed by atoms with E-state index < -0.39 is 11.8 Å². The van der Waals surface area contributed by atoms with E-state index in [9.17, 15) is 9.59 Å². The second-order valence-electron chi connectivity index (χ2n) is 7.25. The number of benzene rings is 3. The Hall–Kier alpha value is -2.10. The minimum atomic E-state index is -0.493. The summed E-state index contributed by atoms with van der Waals surface area (Å²) in [5.74, 6) is 0.418. The summed E-state index contributed by atoms with van der Waals surface area (Å²) in [4.78, 5) is 24.1. The molecule has 0 heterocycles. The maximum atomic E-state index is 12.1. The van der Waals surface area contributed by atoms with Gasteiger partial charge in [-0.2, -0.15) is 0 Å². The number of rotatable bonds is 7. The van der Waals surface area contributed by atoms with Crippen molar-refractivity contribution >= 4 is 70.4 Å². The average molecular weight is 629 g/mol. The first-order chi connectivity index (χ1) is 15.2. The van der Waals surface area contributed by atoms with Crippen LogP contribution in [0.3, 0.4) is 0 Å². The quantitative estimate of drug-likeness (QED) is 0.322. The Labute approximate surface area is 211 Å². The zero-order chi connectivity index (χ0) is 23.3. The van der Waals surface area contributed by atoms with E-state index in [2.05, 4.69) is 58.6 Å². The number of hydrogen-bond acceptors (Lipinski definition) is 4. The third-order valence-electron chi connectivity index (χ3n) is 4.53. The number of carbonyl (C=O) groups is 2. The van der Waals surface area contributed by atoms with Gasteiger partial charge in [-0.15, -0.1) is 0 Å². The van der Waals surface area contributed by atoms with Gasteiger partial charge in [0.1, 0.15) is 11.5 Å². The lowest BCUT2D eigenvalue weighted by Crippen LogP contribution is -2.45. The van der Waals surface area contributed by atoms with Crippen LogP contribution in [0.4, 0.5) is 0 Å². The van der Waals surface area contributed by atoms with Gasteiger partial charge in [0.25, 0.3) is 11.8 Å². The maximum absolute atomic E-state index is 12.1. The summed E-state index contributed by atoms with van der Waals surface area (Å²) < 4.78 is 13.9. The molecule has 168 valence electrons. The molecule has 6 nitrogen and oxygen atoms in total. The largest absolute Gasteiger partial charge is 0.483 e. The molecule has 0 atom stereocenters. The normalized spacial score (nSPS) is 10.8. The van der Waals surface area contributed by atoms with E-state index in [0.717, 1.165) is 29.8 Å². The van der Waals surface area contributed by atoms with Crippen LogP contribution in [0.1, 0.15) is 25.3 Å². The van der Waals surface area contributed by atoms with E-state index >= 15 is 0 Å². The van der Waals surface area contributed by atoms with E-state index in [-0.39, 0.29) is 19.1 Å². The van der Waals surface area contributed by atoms with Gasteiger partial charge in [-0.25, -0.2) is 0 Å². The first kappa shape index (κ1) is 24.5. The molecule has 0 bridgehead atoms. The third-order valence-corrected chi connectivity index (χ3v) is 6.34. The van der Waals surface area contributed by atoms with Crippen LogP contribution < -0.4 is 20.3 Å². The smallest absolute Gasteiger partial charge is 0.276 e.